The summed E-state index contributed by atoms with van der Waals surface area (Å²) in [5, 5.41) is 11.8. The van der Waals surface area contributed by atoms with Crippen molar-refractivity contribution in [1.82, 2.24) is 0 Å². The number of furan rings is 1. The molecule has 0 spiro atoms. The minimum absolute atomic E-state index is 0.0407. The molecule has 0 saturated carbocycles. The second-order valence-corrected chi connectivity index (χ2v) is 4.30. The fourth-order valence-corrected chi connectivity index (χ4v) is 1.72. The minimum Gasteiger partial charge on any atom is -0.478 e. The Labute approximate surface area is 113 Å². The van der Waals surface area contributed by atoms with Crippen molar-refractivity contribution in [2.45, 2.75) is 6.92 Å². The van der Waals surface area contributed by atoms with Crippen LogP contribution < -0.4 is 5.32 Å². The van der Waals surface area contributed by atoms with E-state index >= 15 is 0 Å². The predicted octanol–water partition coefficient (Wildman–Crippen LogP) is 3.19. The van der Waals surface area contributed by atoms with Crippen LogP contribution in [0.4, 0.5) is 5.69 Å². The van der Waals surface area contributed by atoms with Gasteiger partial charge in [0.25, 0.3) is 5.91 Å². The van der Waals surface area contributed by atoms with Crippen LogP contribution in [0.2, 0.25) is 5.02 Å². The monoisotopic (exact) mass is 279 g/mol. The van der Waals surface area contributed by atoms with Gasteiger partial charge in [-0.2, -0.15) is 0 Å². The van der Waals surface area contributed by atoms with Gasteiger partial charge in [0, 0.05) is 5.02 Å². The molecule has 19 heavy (non-hydrogen) atoms. The third-order valence-electron chi connectivity index (χ3n) is 2.42. The van der Waals surface area contributed by atoms with Gasteiger partial charge in [0.2, 0.25) is 0 Å². The minimum atomic E-state index is -1.15. The number of benzene rings is 1. The number of aromatic carboxylic acids is 1. The van der Waals surface area contributed by atoms with Gasteiger partial charge < -0.3 is 14.8 Å². The molecule has 0 radical (unpaired) electrons. The number of carbonyl (C=O) groups is 2. The largest absolute Gasteiger partial charge is 0.478 e. The van der Waals surface area contributed by atoms with E-state index in [4.69, 9.17) is 21.1 Å². The number of carbonyl (C=O) groups excluding carboxylic acids is 1. The molecule has 0 aliphatic carbocycles. The zero-order valence-electron chi connectivity index (χ0n) is 9.94. The van der Waals surface area contributed by atoms with E-state index in [2.05, 4.69) is 5.32 Å². The van der Waals surface area contributed by atoms with Crippen molar-refractivity contribution in [3.63, 3.8) is 0 Å². The van der Waals surface area contributed by atoms with E-state index in [1.807, 2.05) is 0 Å². The Kier molecular flexibility index (Phi) is 3.57. The van der Waals surface area contributed by atoms with Gasteiger partial charge in [0.1, 0.15) is 5.76 Å². The van der Waals surface area contributed by atoms with Gasteiger partial charge in [-0.15, -0.1) is 0 Å². The average molecular weight is 280 g/mol. The Bertz CT molecular complexity index is 648. The van der Waals surface area contributed by atoms with Crippen molar-refractivity contribution in [2.24, 2.45) is 0 Å². The molecule has 0 bridgehead atoms. The summed E-state index contributed by atoms with van der Waals surface area (Å²) >= 11 is 5.79. The fraction of sp³-hybridized carbons (Fsp3) is 0.0769. The summed E-state index contributed by atoms with van der Waals surface area (Å²) in [6.45, 7) is 1.71. The lowest BCUT2D eigenvalue weighted by Crippen LogP contribution is -2.14. The van der Waals surface area contributed by atoms with Crippen LogP contribution in [0.15, 0.2) is 34.7 Å². The maximum atomic E-state index is 11.9. The number of rotatable bonds is 3. The lowest BCUT2D eigenvalue weighted by molar-refractivity contribution is 0.0698. The number of anilines is 1. The summed E-state index contributed by atoms with van der Waals surface area (Å²) < 4.78 is 5.16. The second kappa shape index (κ2) is 5.16. The number of hydrogen-bond acceptors (Lipinski definition) is 3. The molecule has 0 aliphatic rings. The van der Waals surface area contributed by atoms with Gasteiger partial charge in [0.05, 0.1) is 11.3 Å². The van der Waals surface area contributed by atoms with Crippen LogP contribution in [0, 0.1) is 6.92 Å². The number of carboxylic acid groups (broad SMARTS) is 1. The standard InChI is InChI=1S/C13H10ClNO4/c1-7-2-5-11(19-7)12(16)15-10-6-8(14)3-4-9(10)13(17)18/h2-6H,1H3,(H,15,16)(H,17,18). The smallest absolute Gasteiger partial charge is 0.337 e. The summed E-state index contributed by atoms with van der Waals surface area (Å²) in [4.78, 5) is 22.9. The topological polar surface area (TPSA) is 79.5 Å². The third-order valence-corrected chi connectivity index (χ3v) is 2.66. The highest BCUT2D eigenvalue weighted by Gasteiger charge is 2.16. The zero-order valence-corrected chi connectivity index (χ0v) is 10.7. The number of aryl methyl sites for hydroxylation is 1. The third kappa shape index (κ3) is 2.95. The van der Waals surface area contributed by atoms with E-state index in [0.29, 0.717) is 10.8 Å². The summed E-state index contributed by atoms with van der Waals surface area (Å²) in [6, 6.07) is 7.30. The summed E-state index contributed by atoms with van der Waals surface area (Å²) in [5.41, 5.74) is 0.0834. The lowest BCUT2D eigenvalue weighted by Gasteiger charge is -2.07. The quantitative estimate of drug-likeness (QED) is 0.904. The Morgan fingerprint density at radius 2 is 2.00 bits per heavy atom. The average Bonchev–Trinajstić information content (AvgIpc) is 2.75. The molecule has 0 unspecified atom stereocenters. The molecule has 1 heterocycles. The molecular formula is C13H10ClNO4. The summed E-state index contributed by atoms with van der Waals surface area (Å²) in [5.74, 6) is -0.982. The first-order valence-corrected chi connectivity index (χ1v) is 5.76. The van der Waals surface area contributed by atoms with Gasteiger partial charge >= 0.3 is 5.97 Å². The van der Waals surface area contributed by atoms with E-state index in [-0.39, 0.29) is 17.0 Å². The molecule has 2 aromatic rings. The van der Waals surface area contributed by atoms with Gasteiger partial charge in [-0.1, -0.05) is 11.6 Å². The molecule has 0 aliphatic heterocycles. The van der Waals surface area contributed by atoms with Crippen LogP contribution >= 0.6 is 11.6 Å². The van der Waals surface area contributed by atoms with Crippen molar-refractivity contribution >= 4 is 29.2 Å². The molecule has 2 rings (SSSR count). The van der Waals surface area contributed by atoms with Crippen molar-refractivity contribution in [1.29, 1.82) is 0 Å². The number of halogens is 1. The zero-order chi connectivity index (χ0) is 14.0. The normalized spacial score (nSPS) is 10.2. The highest BCUT2D eigenvalue weighted by atomic mass is 35.5. The van der Waals surface area contributed by atoms with Crippen LogP contribution in [-0.2, 0) is 0 Å². The van der Waals surface area contributed by atoms with Crippen LogP contribution in [-0.4, -0.2) is 17.0 Å². The van der Waals surface area contributed by atoms with E-state index in [0.717, 1.165) is 0 Å². The van der Waals surface area contributed by atoms with Crippen molar-refractivity contribution in [3.05, 3.63) is 52.4 Å². The van der Waals surface area contributed by atoms with Crippen LogP contribution in [0.25, 0.3) is 0 Å². The molecule has 1 aromatic carbocycles. The SMILES string of the molecule is Cc1ccc(C(=O)Nc2cc(Cl)ccc2C(=O)O)o1. The highest BCUT2D eigenvalue weighted by Crippen LogP contribution is 2.22. The van der Waals surface area contributed by atoms with Crippen molar-refractivity contribution in [3.8, 4) is 0 Å². The van der Waals surface area contributed by atoms with E-state index in [1.54, 1.807) is 13.0 Å². The Morgan fingerprint density at radius 1 is 1.26 bits per heavy atom. The predicted molar refractivity (Wildman–Crippen MR) is 69.8 cm³/mol. The van der Waals surface area contributed by atoms with Gasteiger partial charge in [-0.05, 0) is 37.3 Å². The van der Waals surface area contributed by atoms with E-state index in [9.17, 15) is 9.59 Å². The van der Waals surface area contributed by atoms with Gasteiger partial charge in [-0.25, -0.2) is 4.79 Å². The molecule has 1 aromatic heterocycles. The number of nitrogens with one attached hydrogen (secondary N) is 1. The van der Waals surface area contributed by atoms with Crippen LogP contribution in [0.5, 0.6) is 0 Å². The second-order valence-electron chi connectivity index (χ2n) is 3.86. The van der Waals surface area contributed by atoms with E-state index in [1.165, 1.54) is 24.3 Å². The maximum absolute atomic E-state index is 11.9. The van der Waals surface area contributed by atoms with E-state index < -0.39 is 11.9 Å². The molecule has 5 nitrogen and oxygen atoms in total. The molecule has 0 saturated heterocycles. The molecule has 2 N–H and O–H groups in total. The highest BCUT2D eigenvalue weighted by molar-refractivity contribution is 6.31. The van der Waals surface area contributed by atoms with Crippen molar-refractivity contribution < 1.29 is 19.1 Å². The number of carboxylic acids is 1. The Hall–Kier alpha value is -2.27. The molecule has 98 valence electrons. The molecule has 6 heteroatoms. The molecule has 0 fully saturated rings. The first kappa shape index (κ1) is 13.2. The number of hydrogen-bond donors (Lipinski definition) is 2. The van der Waals surface area contributed by atoms with Gasteiger partial charge in [-0.3, -0.25) is 4.79 Å². The summed E-state index contributed by atoms with van der Waals surface area (Å²) in [6.07, 6.45) is 0. The summed E-state index contributed by atoms with van der Waals surface area (Å²) in [7, 11) is 0. The maximum Gasteiger partial charge on any atom is 0.337 e. The number of amides is 1. The first-order valence-electron chi connectivity index (χ1n) is 5.38. The first-order chi connectivity index (χ1) is 8.97. The van der Waals surface area contributed by atoms with Gasteiger partial charge in [0.15, 0.2) is 5.76 Å². The van der Waals surface area contributed by atoms with Crippen LogP contribution in [0.1, 0.15) is 26.7 Å². The molecular weight excluding hydrogens is 270 g/mol. The fourth-order valence-electron chi connectivity index (χ4n) is 1.55. The van der Waals surface area contributed by atoms with Crippen molar-refractivity contribution in [2.75, 3.05) is 5.32 Å². The van der Waals surface area contributed by atoms with Crippen LogP contribution in [0.3, 0.4) is 0 Å². The Balaban J connectivity index is 2.30. The molecule has 0 atom stereocenters. The molecule has 1 amide bonds. The lowest BCUT2D eigenvalue weighted by atomic mass is 10.1. The Morgan fingerprint density at radius 3 is 2.58 bits per heavy atom.